The molecule has 1 amide bonds. The number of carbonyl (C=O) groups is 1. The van der Waals surface area contributed by atoms with E-state index < -0.39 is 0 Å². The Bertz CT molecular complexity index is 917. The standard InChI is InChI=1S/C22H24N2O2S/c1-16-12-17(2)14-19(13-16)26-11-10-24(3)21(25)15-27-20-8-4-6-18-7-5-9-23-22(18)20/h4-9,12-14H,10-11,15H2,1-3H3. The predicted molar refractivity (Wildman–Crippen MR) is 112 cm³/mol. The lowest BCUT2D eigenvalue weighted by atomic mass is 10.1. The van der Waals surface area contributed by atoms with Gasteiger partial charge in [-0.05, 0) is 49.2 Å². The maximum Gasteiger partial charge on any atom is 0.232 e. The first kappa shape index (κ1) is 19.2. The summed E-state index contributed by atoms with van der Waals surface area (Å²) >= 11 is 1.53. The number of nitrogens with zero attached hydrogens (tertiary/aromatic N) is 2. The van der Waals surface area contributed by atoms with Crippen molar-refractivity contribution in [2.75, 3.05) is 26.0 Å². The Morgan fingerprint density at radius 3 is 2.63 bits per heavy atom. The Labute approximate surface area is 164 Å². The van der Waals surface area contributed by atoms with E-state index in [1.165, 1.54) is 22.9 Å². The van der Waals surface area contributed by atoms with Gasteiger partial charge < -0.3 is 9.64 Å². The molecule has 0 bridgehead atoms. The third-order valence-electron chi connectivity index (χ3n) is 4.26. The number of hydrogen-bond donors (Lipinski definition) is 0. The highest BCUT2D eigenvalue weighted by atomic mass is 32.2. The molecule has 1 aromatic heterocycles. The Balaban J connectivity index is 1.50. The second kappa shape index (κ2) is 8.91. The molecule has 3 rings (SSSR count). The molecular formula is C22H24N2O2S. The van der Waals surface area contributed by atoms with Crippen LogP contribution in [0, 0.1) is 13.8 Å². The number of aryl methyl sites for hydroxylation is 2. The Morgan fingerprint density at radius 2 is 1.85 bits per heavy atom. The third-order valence-corrected chi connectivity index (χ3v) is 5.29. The summed E-state index contributed by atoms with van der Waals surface area (Å²) < 4.78 is 5.80. The molecule has 140 valence electrons. The summed E-state index contributed by atoms with van der Waals surface area (Å²) in [6.07, 6.45) is 1.78. The zero-order chi connectivity index (χ0) is 19.2. The molecule has 0 spiro atoms. The SMILES string of the molecule is Cc1cc(C)cc(OCCN(C)C(=O)CSc2cccc3cccnc23)c1. The zero-order valence-corrected chi connectivity index (χ0v) is 16.8. The second-order valence-corrected chi connectivity index (χ2v) is 7.62. The molecule has 1 heterocycles. The van der Waals surface area contributed by atoms with Crippen LogP contribution in [0.4, 0.5) is 0 Å². The fourth-order valence-electron chi connectivity index (χ4n) is 2.88. The molecule has 0 radical (unpaired) electrons. The van der Waals surface area contributed by atoms with Crippen molar-refractivity contribution in [2.24, 2.45) is 0 Å². The quantitative estimate of drug-likeness (QED) is 0.567. The maximum absolute atomic E-state index is 12.4. The molecule has 0 fully saturated rings. The van der Waals surface area contributed by atoms with Crippen molar-refractivity contribution in [3.05, 3.63) is 65.9 Å². The lowest BCUT2D eigenvalue weighted by molar-refractivity contribution is -0.127. The summed E-state index contributed by atoms with van der Waals surface area (Å²) in [7, 11) is 1.81. The molecule has 0 aliphatic rings. The molecule has 0 saturated carbocycles. The summed E-state index contributed by atoms with van der Waals surface area (Å²) in [6.45, 7) is 5.13. The number of carbonyl (C=O) groups excluding carboxylic acids is 1. The van der Waals surface area contributed by atoms with Crippen molar-refractivity contribution in [2.45, 2.75) is 18.7 Å². The highest BCUT2D eigenvalue weighted by molar-refractivity contribution is 8.00. The zero-order valence-electron chi connectivity index (χ0n) is 15.9. The van der Waals surface area contributed by atoms with Crippen molar-refractivity contribution in [3.8, 4) is 5.75 Å². The van der Waals surface area contributed by atoms with E-state index in [9.17, 15) is 4.79 Å². The molecule has 5 heteroatoms. The van der Waals surface area contributed by atoms with Crippen molar-refractivity contribution < 1.29 is 9.53 Å². The fourth-order valence-corrected chi connectivity index (χ4v) is 3.87. The minimum absolute atomic E-state index is 0.0805. The van der Waals surface area contributed by atoms with E-state index in [-0.39, 0.29) is 5.91 Å². The molecular weight excluding hydrogens is 356 g/mol. The number of benzene rings is 2. The number of ether oxygens (including phenoxy) is 1. The van der Waals surface area contributed by atoms with E-state index in [2.05, 4.69) is 24.9 Å². The van der Waals surface area contributed by atoms with Crippen LogP contribution in [-0.4, -0.2) is 41.7 Å². The van der Waals surface area contributed by atoms with Crippen LogP contribution in [0.2, 0.25) is 0 Å². The van der Waals surface area contributed by atoms with Gasteiger partial charge in [0.2, 0.25) is 5.91 Å². The number of fused-ring (bicyclic) bond motifs is 1. The second-order valence-electron chi connectivity index (χ2n) is 6.61. The van der Waals surface area contributed by atoms with Crippen LogP contribution in [0.15, 0.2) is 59.6 Å². The molecule has 3 aromatic rings. The van der Waals surface area contributed by atoms with Gasteiger partial charge in [0, 0.05) is 23.5 Å². The lowest BCUT2D eigenvalue weighted by Gasteiger charge is -2.18. The van der Waals surface area contributed by atoms with Crippen LogP contribution in [0.3, 0.4) is 0 Å². The average Bonchev–Trinajstić information content (AvgIpc) is 2.65. The summed E-state index contributed by atoms with van der Waals surface area (Å²) in [5.74, 6) is 1.32. The molecule has 4 nitrogen and oxygen atoms in total. The first-order valence-electron chi connectivity index (χ1n) is 8.94. The Hall–Kier alpha value is -2.53. The van der Waals surface area contributed by atoms with Crippen LogP contribution < -0.4 is 4.74 Å². The fraction of sp³-hybridized carbons (Fsp3) is 0.273. The number of likely N-dealkylation sites (N-methyl/N-ethyl adjacent to an activating group) is 1. The molecule has 0 saturated heterocycles. The normalized spacial score (nSPS) is 10.8. The predicted octanol–water partition coefficient (Wildman–Crippen LogP) is 4.48. The van der Waals surface area contributed by atoms with Gasteiger partial charge in [-0.2, -0.15) is 0 Å². The monoisotopic (exact) mass is 380 g/mol. The maximum atomic E-state index is 12.4. The van der Waals surface area contributed by atoms with E-state index in [0.717, 1.165) is 21.5 Å². The smallest absolute Gasteiger partial charge is 0.232 e. The van der Waals surface area contributed by atoms with Crippen molar-refractivity contribution in [1.29, 1.82) is 0 Å². The van der Waals surface area contributed by atoms with Gasteiger partial charge in [-0.3, -0.25) is 9.78 Å². The topological polar surface area (TPSA) is 42.4 Å². The van der Waals surface area contributed by atoms with Crippen LogP contribution in [0.1, 0.15) is 11.1 Å². The van der Waals surface area contributed by atoms with Gasteiger partial charge in [0.25, 0.3) is 0 Å². The number of rotatable bonds is 7. The van der Waals surface area contributed by atoms with Gasteiger partial charge in [-0.1, -0.05) is 24.3 Å². The Morgan fingerprint density at radius 1 is 1.11 bits per heavy atom. The van der Waals surface area contributed by atoms with Crippen LogP contribution in [-0.2, 0) is 4.79 Å². The first-order valence-corrected chi connectivity index (χ1v) is 9.93. The molecule has 0 N–H and O–H groups in total. The van der Waals surface area contributed by atoms with Gasteiger partial charge >= 0.3 is 0 Å². The van der Waals surface area contributed by atoms with Crippen molar-refractivity contribution >= 4 is 28.6 Å². The van der Waals surface area contributed by atoms with Gasteiger partial charge in [-0.15, -0.1) is 11.8 Å². The summed E-state index contributed by atoms with van der Waals surface area (Å²) in [4.78, 5) is 19.6. The van der Waals surface area contributed by atoms with Gasteiger partial charge in [-0.25, -0.2) is 0 Å². The molecule has 0 aliphatic carbocycles. The Kier molecular flexibility index (Phi) is 6.35. The molecule has 0 unspecified atom stereocenters. The van der Waals surface area contributed by atoms with Gasteiger partial charge in [0.05, 0.1) is 17.8 Å². The van der Waals surface area contributed by atoms with Gasteiger partial charge in [0.1, 0.15) is 12.4 Å². The van der Waals surface area contributed by atoms with Crippen LogP contribution >= 0.6 is 11.8 Å². The summed E-state index contributed by atoms with van der Waals surface area (Å²) in [6, 6.07) is 16.1. The number of pyridine rings is 1. The highest BCUT2D eigenvalue weighted by Gasteiger charge is 2.11. The molecule has 27 heavy (non-hydrogen) atoms. The van der Waals surface area contributed by atoms with Crippen molar-refractivity contribution in [3.63, 3.8) is 0 Å². The summed E-state index contributed by atoms with van der Waals surface area (Å²) in [5.41, 5.74) is 3.29. The highest BCUT2D eigenvalue weighted by Crippen LogP contribution is 2.26. The largest absolute Gasteiger partial charge is 0.492 e. The van der Waals surface area contributed by atoms with Gasteiger partial charge in [0.15, 0.2) is 0 Å². The van der Waals surface area contributed by atoms with E-state index in [0.29, 0.717) is 18.9 Å². The van der Waals surface area contributed by atoms with E-state index >= 15 is 0 Å². The number of thioether (sulfide) groups is 1. The van der Waals surface area contributed by atoms with E-state index in [1.54, 1.807) is 11.1 Å². The lowest BCUT2D eigenvalue weighted by Crippen LogP contribution is -2.32. The number of aromatic nitrogens is 1. The van der Waals surface area contributed by atoms with Crippen molar-refractivity contribution in [1.82, 2.24) is 9.88 Å². The van der Waals surface area contributed by atoms with Crippen LogP contribution in [0.25, 0.3) is 10.9 Å². The van der Waals surface area contributed by atoms with Crippen LogP contribution in [0.5, 0.6) is 5.75 Å². The molecule has 2 aromatic carbocycles. The first-order chi connectivity index (χ1) is 13.0. The number of para-hydroxylation sites is 1. The molecule has 0 atom stereocenters. The molecule has 0 aliphatic heterocycles. The van der Waals surface area contributed by atoms with E-state index in [1.807, 2.05) is 49.5 Å². The minimum atomic E-state index is 0.0805. The summed E-state index contributed by atoms with van der Waals surface area (Å²) in [5, 5.41) is 1.09. The minimum Gasteiger partial charge on any atom is -0.492 e. The number of hydrogen-bond acceptors (Lipinski definition) is 4. The average molecular weight is 381 g/mol. The third kappa shape index (κ3) is 5.23. The van der Waals surface area contributed by atoms with E-state index in [4.69, 9.17) is 4.74 Å². The number of amides is 1.